The Morgan fingerprint density at radius 2 is 1.26 bits per heavy atom. The molecule has 0 radical (unpaired) electrons. The average molecular weight is 682 g/mol. The van der Waals surface area contributed by atoms with Crippen molar-refractivity contribution in [2.75, 3.05) is 4.90 Å². The van der Waals surface area contributed by atoms with Crippen LogP contribution in [0.25, 0.3) is 55.4 Å². The van der Waals surface area contributed by atoms with Gasteiger partial charge in [0.25, 0.3) is 0 Å². The van der Waals surface area contributed by atoms with Gasteiger partial charge in [-0.05, 0) is 78.2 Å². The monoisotopic (exact) mass is 681 g/mol. The van der Waals surface area contributed by atoms with E-state index in [0.717, 1.165) is 28.7 Å². The van der Waals surface area contributed by atoms with Gasteiger partial charge in [-0.25, -0.2) is 0 Å². The summed E-state index contributed by atoms with van der Waals surface area (Å²) in [4.78, 5) is 2.42. The zero-order valence-electron chi connectivity index (χ0n) is 29.1. The number of rotatable bonds is 2. The van der Waals surface area contributed by atoms with Crippen LogP contribution in [0.1, 0.15) is 22.5 Å². The fourth-order valence-electron chi connectivity index (χ4n) is 10.3. The van der Waals surface area contributed by atoms with E-state index in [-0.39, 0.29) is 0 Å². The zero-order chi connectivity index (χ0) is 34.7. The second kappa shape index (κ2) is 9.29. The molecule has 53 heavy (non-hydrogen) atoms. The Balaban J connectivity index is 1.21. The third-order valence-electron chi connectivity index (χ3n) is 12.2. The van der Waals surface area contributed by atoms with E-state index in [1.54, 1.807) is 0 Å². The normalized spacial score (nSPS) is 16.3. The summed E-state index contributed by atoms with van der Waals surface area (Å²) in [6.45, 7) is 4.60. The Labute approximate surface area is 305 Å². The van der Waals surface area contributed by atoms with Crippen molar-refractivity contribution in [2.45, 2.75) is 19.5 Å². The highest BCUT2D eigenvalue weighted by molar-refractivity contribution is 6.13. The van der Waals surface area contributed by atoms with Crippen molar-refractivity contribution in [1.82, 2.24) is 9.25 Å². The molecule has 4 aliphatic heterocycles. The van der Waals surface area contributed by atoms with Gasteiger partial charge in [0.15, 0.2) is 17.1 Å². The molecule has 0 fully saturated rings. The van der Waals surface area contributed by atoms with E-state index < -0.39 is 5.66 Å². The number of benzene rings is 6. The summed E-state index contributed by atoms with van der Waals surface area (Å²) in [5.41, 5.74) is 16.2. The quantitative estimate of drug-likeness (QED) is 0.170. The van der Waals surface area contributed by atoms with Gasteiger partial charge < -0.3 is 9.30 Å². The molecule has 1 atom stereocenters. The first-order valence-electron chi connectivity index (χ1n) is 18.3. The van der Waals surface area contributed by atoms with Crippen LogP contribution in [0.2, 0.25) is 0 Å². The van der Waals surface area contributed by atoms with Crippen LogP contribution < -0.4 is 18.9 Å². The number of para-hydroxylation sites is 3. The molecule has 7 heterocycles. The number of ether oxygens (including phenoxy) is 1. The maximum Gasteiger partial charge on any atom is 0.394 e. The third kappa shape index (κ3) is 3.03. The van der Waals surface area contributed by atoms with Crippen LogP contribution in [0.5, 0.6) is 11.5 Å². The van der Waals surface area contributed by atoms with Gasteiger partial charge in [0.1, 0.15) is 16.8 Å². The van der Waals surface area contributed by atoms with Crippen LogP contribution in [0.15, 0.2) is 152 Å². The molecule has 0 amide bonds. The molecule has 0 aliphatic carbocycles. The van der Waals surface area contributed by atoms with Gasteiger partial charge >= 0.3 is 11.5 Å². The van der Waals surface area contributed by atoms with Gasteiger partial charge in [-0.3, -0.25) is 0 Å². The minimum Gasteiger partial charge on any atom is -0.444 e. The smallest absolute Gasteiger partial charge is 0.394 e. The van der Waals surface area contributed by atoms with Gasteiger partial charge in [0.05, 0.1) is 34.2 Å². The van der Waals surface area contributed by atoms with E-state index in [9.17, 15) is 0 Å². The minimum atomic E-state index is -0.750. The van der Waals surface area contributed by atoms with Gasteiger partial charge in [-0.15, -0.1) is 4.68 Å². The highest BCUT2D eigenvalue weighted by Crippen LogP contribution is 2.60. The van der Waals surface area contributed by atoms with Crippen LogP contribution in [-0.4, -0.2) is 9.25 Å². The molecule has 1 spiro atoms. The zero-order valence-corrected chi connectivity index (χ0v) is 29.1. The Kier molecular flexibility index (Phi) is 4.87. The summed E-state index contributed by atoms with van der Waals surface area (Å²) in [7, 11) is 0. The van der Waals surface area contributed by atoms with Crippen molar-refractivity contribution < 1.29 is 14.0 Å². The molecule has 1 unspecified atom stereocenters. The Morgan fingerprint density at radius 1 is 0.547 bits per heavy atom. The Hall–Kier alpha value is -6.92. The molecule has 6 heteroatoms. The predicted molar refractivity (Wildman–Crippen MR) is 207 cm³/mol. The molecule has 0 N–H and O–H groups in total. The molecule has 0 saturated carbocycles. The average Bonchev–Trinajstić information content (AvgIpc) is 3.80. The number of hydrogen-bond acceptors (Lipinski definition) is 2. The van der Waals surface area contributed by atoms with Gasteiger partial charge in [-0.2, -0.15) is 9.47 Å². The third-order valence-corrected chi connectivity index (χ3v) is 12.2. The predicted octanol–water partition coefficient (Wildman–Crippen LogP) is 9.91. The highest BCUT2D eigenvalue weighted by atomic mass is 16.5. The van der Waals surface area contributed by atoms with Crippen LogP contribution in [0, 0.1) is 13.8 Å². The van der Waals surface area contributed by atoms with Gasteiger partial charge in [0.2, 0.25) is 11.4 Å². The maximum absolute atomic E-state index is 6.76. The number of pyridine rings is 1. The lowest BCUT2D eigenvalue weighted by molar-refractivity contribution is -0.993. The second-order valence-electron chi connectivity index (χ2n) is 14.6. The lowest BCUT2D eigenvalue weighted by Crippen LogP contribution is -2.78. The standard InChI is InChI=1S/C47H31N5O/c1-28-42(32-23-21-31(22-24-32)30-12-4-3-5-13-30)29(2)52-47-43-37(49-35-15-7-6-14-33(35)34-25-26-39(51(28)52)44(47)45(34)49)17-10-18-38(43)50-36-16-8-9-19-40(36)53-41-20-11-27-48(47)46(41)50/h3-27H,1-2H3/q+2. The molecule has 0 bridgehead atoms. The van der Waals surface area contributed by atoms with Crippen LogP contribution >= 0.6 is 0 Å². The lowest BCUT2D eigenvalue weighted by Gasteiger charge is -2.39. The molecule has 6 nitrogen and oxygen atoms in total. The molecule has 4 aliphatic rings. The number of nitrogens with zero attached hydrogens (tertiary/aromatic N) is 5. The molecule has 6 aromatic carbocycles. The van der Waals surface area contributed by atoms with E-state index in [2.05, 4.69) is 189 Å². The SMILES string of the molecule is Cc1c(-c2ccc(-c3ccccc3)cc2)c(C)[n+]2n1-c1ccc3c4ccccc4n4c3c1C21c2c(cccc2-4)N2c3ccccc3Oc3ccc[n+]1c32. The minimum absolute atomic E-state index is 0.750. The van der Waals surface area contributed by atoms with E-state index in [0.29, 0.717) is 0 Å². The van der Waals surface area contributed by atoms with E-state index in [1.807, 2.05) is 0 Å². The summed E-state index contributed by atoms with van der Waals surface area (Å²) in [6, 6.07) is 52.8. The van der Waals surface area contributed by atoms with Crippen molar-refractivity contribution in [3.05, 3.63) is 174 Å². The lowest BCUT2D eigenvalue weighted by atomic mass is 9.81. The first-order chi connectivity index (χ1) is 26.2. The molecule has 0 saturated heterocycles. The number of hydrogen-bond donors (Lipinski definition) is 0. The highest BCUT2D eigenvalue weighted by Gasteiger charge is 2.71. The molecule has 9 aromatic rings. The van der Waals surface area contributed by atoms with Crippen LogP contribution in [0.4, 0.5) is 17.2 Å². The van der Waals surface area contributed by atoms with Crippen molar-refractivity contribution in [3.63, 3.8) is 0 Å². The molecular weight excluding hydrogens is 651 g/mol. The molecule has 248 valence electrons. The van der Waals surface area contributed by atoms with E-state index >= 15 is 0 Å². The van der Waals surface area contributed by atoms with Crippen molar-refractivity contribution in [3.8, 4) is 45.1 Å². The van der Waals surface area contributed by atoms with Crippen molar-refractivity contribution >= 4 is 39.0 Å². The number of anilines is 3. The van der Waals surface area contributed by atoms with Crippen molar-refractivity contribution in [2.24, 2.45) is 0 Å². The fraction of sp³-hybridized carbons (Fsp3) is 0.0638. The van der Waals surface area contributed by atoms with Crippen molar-refractivity contribution in [1.29, 1.82) is 0 Å². The van der Waals surface area contributed by atoms with Crippen LogP contribution in [0.3, 0.4) is 0 Å². The fourth-order valence-corrected chi connectivity index (χ4v) is 10.3. The second-order valence-corrected chi connectivity index (χ2v) is 14.6. The summed E-state index contributed by atoms with van der Waals surface area (Å²) in [6.07, 6.45) is 2.27. The van der Waals surface area contributed by atoms with Gasteiger partial charge in [-0.1, -0.05) is 95.7 Å². The largest absolute Gasteiger partial charge is 0.444 e. The Morgan fingerprint density at radius 3 is 2.15 bits per heavy atom. The van der Waals surface area contributed by atoms with E-state index in [1.165, 1.54) is 77.9 Å². The Bertz CT molecular complexity index is 3120. The summed E-state index contributed by atoms with van der Waals surface area (Å²) >= 11 is 0. The summed E-state index contributed by atoms with van der Waals surface area (Å²) in [5, 5.41) is 2.53. The summed E-state index contributed by atoms with van der Waals surface area (Å²) in [5.74, 6) is 2.72. The maximum atomic E-state index is 6.76. The number of aromatic nitrogens is 4. The first kappa shape index (κ1) is 27.8. The van der Waals surface area contributed by atoms with E-state index in [4.69, 9.17) is 4.74 Å². The summed E-state index contributed by atoms with van der Waals surface area (Å²) < 4.78 is 16.9. The molecular formula is C47H31N5O+2. The molecule has 13 rings (SSSR count). The topological polar surface area (TPSA) is 30.1 Å². The molecule has 3 aromatic heterocycles. The van der Waals surface area contributed by atoms with Gasteiger partial charge in [0, 0.05) is 17.7 Å². The van der Waals surface area contributed by atoms with Crippen LogP contribution in [-0.2, 0) is 5.66 Å². The first-order valence-corrected chi connectivity index (χ1v) is 18.3. The number of fused-ring (bicyclic) bond motifs is 9.